The van der Waals surface area contributed by atoms with Gasteiger partial charge in [0.25, 0.3) is 0 Å². The predicted molar refractivity (Wildman–Crippen MR) is 86.7 cm³/mol. The van der Waals surface area contributed by atoms with Gasteiger partial charge in [0.05, 0.1) is 13.2 Å². The smallest absolute Gasteiger partial charge is 0.161 e. The molecule has 22 heavy (non-hydrogen) atoms. The third kappa shape index (κ3) is 2.82. The van der Waals surface area contributed by atoms with E-state index in [-0.39, 0.29) is 0 Å². The monoisotopic (exact) mass is 302 g/mol. The van der Waals surface area contributed by atoms with Crippen LogP contribution in [0.5, 0.6) is 11.5 Å². The molecule has 0 amide bonds. The average Bonchev–Trinajstić information content (AvgIpc) is 2.77. The Morgan fingerprint density at radius 3 is 2.36 bits per heavy atom. The van der Waals surface area contributed by atoms with Gasteiger partial charge in [0.15, 0.2) is 11.5 Å². The average molecular weight is 302 g/mol. The summed E-state index contributed by atoms with van der Waals surface area (Å²) >= 11 is 0. The molecule has 3 aliphatic heterocycles. The Morgan fingerprint density at radius 2 is 1.64 bits per heavy atom. The van der Waals surface area contributed by atoms with E-state index >= 15 is 0 Å². The maximum absolute atomic E-state index is 5.86. The highest BCUT2D eigenvalue weighted by Crippen LogP contribution is 2.36. The van der Waals surface area contributed by atoms with Gasteiger partial charge in [-0.1, -0.05) is 0 Å². The van der Waals surface area contributed by atoms with Gasteiger partial charge in [0.2, 0.25) is 0 Å². The van der Waals surface area contributed by atoms with Crippen LogP contribution in [-0.4, -0.2) is 55.7 Å². The first-order chi connectivity index (χ1) is 10.8. The van der Waals surface area contributed by atoms with Gasteiger partial charge in [-0.25, -0.2) is 0 Å². The van der Waals surface area contributed by atoms with Crippen LogP contribution in [0.4, 0.5) is 0 Å². The van der Waals surface area contributed by atoms with Crippen molar-refractivity contribution in [2.24, 2.45) is 0 Å². The maximum Gasteiger partial charge on any atom is 0.161 e. The van der Waals surface area contributed by atoms with Crippen molar-refractivity contribution >= 4 is 0 Å². The lowest BCUT2D eigenvalue weighted by Gasteiger charge is -2.40. The molecule has 4 heteroatoms. The van der Waals surface area contributed by atoms with Crippen LogP contribution >= 0.6 is 0 Å². The first kappa shape index (κ1) is 14.3. The fraction of sp³-hybridized carbons (Fsp3) is 0.667. The van der Waals surface area contributed by atoms with Crippen molar-refractivity contribution in [1.82, 2.24) is 9.80 Å². The minimum Gasteiger partial charge on any atom is -0.490 e. The Kier molecular flexibility index (Phi) is 3.97. The Balaban J connectivity index is 1.52. The SMILES string of the molecule is CN1CCC(N2CCc3cc4c(cc3C2)OCCCO4)CC1. The van der Waals surface area contributed by atoms with Gasteiger partial charge in [0, 0.05) is 25.6 Å². The van der Waals surface area contributed by atoms with Gasteiger partial charge in [-0.2, -0.15) is 0 Å². The Bertz CT molecular complexity index is 538. The van der Waals surface area contributed by atoms with Crippen LogP contribution in [0, 0.1) is 0 Å². The third-order valence-electron chi connectivity index (χ3n) is 5.32. The zero-order valence-electron chi connectivity index (χ0n) is 13.5. The Morgan fingerprint density at radius 1 is 0.955 bits per heavy atom. The molecule has 4 nitrogen and oxygen atoms in total. The molecular weight excluding hydrogens is 276 g/mol. The molecule has 1 aromatic rings. The van der Waals surface area contributed by atoms with Crippen molar-refractivity contribution in [3.63, 3.8) is 0 Å². The van der Waals surface area contributed by atoms with E-state index in [1.165, 1.54) is 43.6 Å². The maximum atomic E-state index is 5.86. The van der Waals surface area contributed by atoms with E-state index in [1.807, 2.05) is 0 Å². The molecule has 0 bridgehead atoms. The number of benzene rings is 1. The van der Waals surface area contributed by atoms with Crippen LogP contribution in [0.1, 0.15) is 30.4 Å². The summed E-state index contributed by atoms with van der Waals surface area (Å²) in [6.45, 7) is 6.25. The minimum atomic E-state index is 0.750. The molecule has 1 fully saturated rings. The van der Waals surface area contributed by atoms with Crippen molar-refractivity contribution in [3.05, 3.63) is 23.3 Å². The molecule has 0 saturated carbocycles. The van der Waals surface area contributed by atoms with E-state index in [4.69, 9.17) is 9.47 Å². The van der Waals surface area contributed by atoms with Gasteiger partial charge in [-0.05, 0) is 62.7 Å². The molecule has 0 spiro atoms. The van der Waals surface area contributed by atoms with Gasteiger partial charge >= 0.3 is 0 Å². The highest BCUT2D eigenvalue weighted by molar-refractivity contribution is 5.48. The summed E-state index contributed by atoms with van der Waals surface area (Å²) in [5.41, 5.74) is 2.89. The Hall–Kier alpha value is -1.26. The fourth-order valence-corrected chi connectivity index (χ4v) is 3.91. The molecule has 3 aliphatic rings. The largest absolute Gasteiger partial charge is 0.490 e. The second-order valence-electron chi connectivity index (χ2n) is 6.87. The summed E-state index contributed by atoms with van der Waals surface area (Å²) in [7, 11) is 2.23. The number of hydrogen-bond acceptors (Lipinski definition) is 4. The van der Waals surface area contributed by atoms with E-state index in [0.29, 0.717) is 0 Å². The standard InChI is InChI=1S/C18H26N2O2/c1-19-6-4-16(5-7-19)20-8-3-14-11-17-18(12-15(14)13-20)22-10-2-9-21-17/h11-12,16H,2-10,13H2,1H3. The zero-order chi connectivity index (χ0) is 14.9. The van der Waals surface area contributed by atoms with Crippen LogP contribution < -0.4 is 9.47 Å². The number of hydrogen-bond donors (Lipinski definition) is 0. The molecule has 1 aromatic carbocycles. The number of nitrogens with zero attached hydrogens (tertiary/aromatic N) is 2. The molecule has 0 unspecified atom stereocenters. The lowest BCUT2D eigenvalue weighted by atomic mass is 9.95. The van der Waals surface area contributed by atoms with Crippen LogP contribution in [0.25, 0.3) is 0 Å². The summed E-state index contributed by atoms with van der Waals surface area (Å²) in [4.78, 5) is 5.12. The minimum absolute atomic E-state index is 0.750. The van der Waals surface area contributed by atoms with Crippen LogP contribution in [0.15, 0.2) is 12.1 Å². The summed E-state index contributed by atoms with van der Waals surface area (Å²) < 4.78 is 11.7. The number of ether oxygens (including phenoxy) is 2. The van der Waals surface area contributed by atoms with E-state index in [0.717, 1.165) is 50.1 Å². The van der Waals surface area contributed by atoms with E-state index in [1.54, 1.807) is 0 Å². The number of fused-ring (bicyclic) bond motifs is 2. The summed E-state index contributed by atoms with van der Waals surface area (Å²) in [6, 6.07) is 5.21. The van der Waals surface area contributed by atoms with E-state index in [9.17, 15) is 0 Å². The van der Waals surface area contributed by atoms with Crippen molar-refractivity contribution < 1.29 is 9.47 Å². The first-order valence-electron chi connectivity index (χ1n) is 8.63. The molecule has 0 atom stereocenters. The molecule has 0 radical (unpaired) electrons. The summed E-state index contributed by atoms with van der Waals surface area (Å²) in [5, 5.41) is 0. The number of likely N-dealkylation sites (tertiary alicyclic amines) is 1. The molecule has 0 N–H and O–H groups in total. The summed E-state index contributed by atoms with van der Waals surface area (Å²) in [5.74, 6) is 1.89. The van der Waals surface area contributed by atoms with Crippen LogP contribution in [-0.2, 0) is 13.0 Å². The molecule has 1 saturated heterocycles. The predicted octanol–water partition coefficient (Wildman–Crippen LogP) is 2.30. The van der Waals surface area contributed by atoms with Gasteiger partial charge in [-0.3, -0.25) is 4.90 Å². The topological polar surface area (TPSA) is 24.9 Å². The number of piperidine rings is 1. The zero-order valence-corrected chi connectivity index (χ0v) is 13.5. The highest BCUT2D eigenvalue weighted by Gasteiger charge is 2.27. The molecule has 0 aliphatic carbocycles. The molecule has 0 aromatic heterocycles. The quantitative estimate of drug-likeness (QED) is 0.795. The molecular formula is C18H26N2O2. The van der Waals surface area contributed by atoms with Crippen molar-refractivity contribution in [2.75, 3.05) is 39.9 Å². The van der Waals surface area contributed by atoms with Gasteiger partial charge in [0.1, 0.15) is 0 Å². The summed E-state index contributed by atoms with van der Waals surface area (Å²) in [6.07, 6.45) is 4.71. The normalized spacial score (nSPS) is 23.9. The fourth-order valence-electron chi connectivity index (χ4n) is 3.91. The Labute approximate surface area is 133 Å². The lowest BCUT2D eigenvalue weighted by molar-refractivity contribution is 0.109. The molecule has 120 valence electrons. The number of rotatable bonds is 1. The van der Waals surface area contributed by atoms with Crippen molar-refractivity contribution in [1.29, 1.82) is 0 Å². The highest BCUT2D eigenvalue weighted by atomic mass is 16.5. The molecule has 3 heterocycles. The third-order valence-corrected chi connectivity index (χ3v) is 5.32. The van der Waals surface area contributed by atoms with Crippen molar-refractivity contribution in [3.8, 4) is 11.5 Å². The van der Waals surface area contributed by atoms with E-state index in [2.05, 4.69) is 29.0 Å². The lowest BCUT2D eigenvalue weighted by Crippen LogP contribution is -2.45. The van der Waals surface area contributed by atoms with Crippen LogP contribution in [0.3, 0.4) is 0 Å². The van der Waals surface area contributed by atoms with Crippen molar-refractivity contribution in [2.45, 2.75) is 38.3 Å². The van der Waals surface area contributed by atoms with Gasteiger partial charge < -0.3 is 14.4 Å². The molecule has 4 rings (SSSR count). The second-order valence-corrected chi connectivity index (χ2v) is 6.87. The van der Waals surface area contributed by atoms with E-state index < -0.39 is 0 Å². The van der Waals surface area contributed by atoms with Crippen LogP contribution in [0.2, 0.25) is 0 Å². The first-order valence-corrected chi connectivity index (χ1v) is 8.63. The second kappa shape index (κ2) is 6.09. The van der Waals surface area contributed by atoms with Gasteiger partial charge in [-0.15, -0.1) is 0 Å².